The first-order valence-corrected chi connectivity index (χ1v) is 10.6. The van der Waals surface area contributed by atoms with Gasteiger partial charge in [0.05, 0.1) is 0 Å². The van der Waals surface area contributed by atoms with E-state index in [1.54, 1.807) is 6.07 Å². The van der Waals surface area contributed by atoms with Crippen LogP contribution in [0, 0.1) is 5.92 Å². The average molecular weight is 404 g/mol. The molecule has 1 aromatic rings. The van der Waals surface area contributed by atoms with Crippen molar-refractivity contribution in [1.29, 1.82) is 0 Å². The van der Waals surface area contributed by atoms with Crippen molar-refractivity contribution in [2.45, 2.75) is 52.1 Å². The van der Waals surface area contributed by atoms with Crippen molar-refractivity contribution < 1.29 is 13.2 Å². The summed E-state index contributed by atoms with van der Waals surface area (Å²) in [6.45, 7) is 5.63. The van der Waals surface area contributed by atoms with Crippen LogP contribution in [0.15, 0.2) is 24.3 Å². The van der Waals surface area contributed by atoms with Crippen LogP contribution in [0.5, 0.6) is 0 Å². The molecule has 1 aliphatic carbocycles. The van der Waals surface area contributed by atoms with E-state index in [1.165, 1.54) is 0 Å². The molecule has 6 nitrogen and oxygen atoms in total. The molecule has 0 heterocycles. The topological polar surface area (TPSA) is 87.3 Å². The molecule has 26 heavy (non-hydrogen) atoms. The van der Waals surface area contributed by atoms with Gasteiger partial charge in [0.1, 0.15) is 5.75 Å². The summed E-state index contributed by atoms with van der Waals surface area (Å²) in [7, 11) is -3.63. The standard InChI is InChI=1S/C18H29N3O3S.ClH/c1-3-19-12-15-6-4-5-7-17(15)20-18(22)13-25(23,24)21-16-10-8-14(2)9-11-16;/h4-7,14,16,19,21H,3,8-13H2,1-2H3,(H,20,22);1H. The van der Waals surface area contributed by atoms with Crippen molar-refractivity contribution >= 4 is 34.0 Å². The van der Waals surface area contributed by atoms with Crippen LogP contribution < -0.4 is 15.4 Å². The summed E-state index contributed by atoms with van der Waals surface area (Å²) in [6.07, 6.45) is 3.73. The van der Waals surface area contributed by atoms with Gasteiger partial charge < -0.3 is 10.6 Å². The largest absolute Gasteiger partial charge is 0.325 e. The number of hydrogen-bond donors (Lipinski definition) is 3. The zero-order valence-electron chi connectivity index (χ0n) is 15.5. The first-order valence-electron chi connectivity index (χ1n) is 8.98. The smallest absolute Gasteiger partial charge is 0.241 e. The van der Waals surface area contributed by atoms with Gasteiger partial charge in [-0.25, -0.2) is 13.1 Å². The third kappa shape index (κ3) is 7.61. The average Bonchev–Trinajstić information content (AvgIpc) is 2.55. The number of para-hydroxylation sites is 1. The molecule has 2 rings (SSSR count). The van der Waals surface area contributed by atoms with E-state index >= 15 is 0 Å². The highest BCUT2D eigenvalue weighted by Crippen LogP contribution is 2.24. The Hall–Kier alpha value is -1.15. The molecule has 1 fully saturated rings. The lowest BCUT2D eigenvalue weighted by atomic mass is 9.88. The Kier molecular flexibility index (Phi) is 9.57. The monoisotopic (exact) mass is 403 g/mol. The van der Waals surface area contributed by atoms with Crippen LogP contribution in [-0.2, 0) is 21.4 Å². The lowest BCUT2D eigenvalue weighted by Crippen LogP contribution is -2.41. The Morgan fingerprint density at radius 2 is 1.81 bits per heavy atom. The van der Waals surface area contributed by atoms with Crippen LogP contribution in [0.2, 0.25) is 0 Å². The number of halogens is 1. The molecule has 1 saturated carbocycles. The van der Waals surface area contributed by atoms with Crippen molar-refractivity contribution in [1.82, 2.24) is 10.0 Å². The van der Waals surface area contributed by atoms with Crippen LogP contribution in [0.3, 0.4) is 0 Å². The number of sulfonamides is 1. The van der Waals surface area contributed by atoms with Crippen molar-refractivity contribution in [2.24, 2.45) is 5.92 Å². The number of amides is 1. The summed E-state index contributed by atoms with van der Waals surface area (Å²) in [5.41, 5.74) is 1.58. The van der Waals surface area contributed by atoms with E-state index in [-0.39, 0.29) is 18.4 Å². The Morgan fingerprint density at radius 1 is 1.15 bits per heavy atom. The van der Waals surface area contributed by atoms with Gasteiger partial charge in [-0.05, 0) is 49.8 Å². The number of hydrogen-bond acceptors (Lipinski definition) is 4. The highest BCUT2D eigenvalue weighted by Gasteiger charge is 2.24. The predicted molar refractivity (Wildman–Crippen MR) is 108 cm³/mol. The molecule has 148 valence electrons. The summed E-state index contributed by atoms with van der Waals surface area (Å²) in [6, 6.07) is 7.36. The third-order valence-corrected chi connectivity index (χ3v) is 5.87. The fourth-order valence-corrected chi connectivity index (χ4v) is 4.33. The molecule has 0 aliphatic heterocycles. The molecule has 8 heteroatoms. The minimum absolute atomic E-state index is 0. The third-order valence-electron chi connectivity index (χ3n) is 4.54. The quantitative estimate of drug-likeness (QED) is 0.622. The van der Waals surface area contributed by atoms with Crippen LogP contribution in [-0.4, -0.2) is 32.7 Å². The summed E-state index contributed by atoms with van der Waals surface area (Å²) in [4.78, 5) is 12.2. The van der Waals surface area contributed by atoms with Crippen LogP contribution >= 0.6 is 12.4 Å². The fraction of sp³-hybridized carbons (Fsp3) is 0.611. The van der Waals surface area contributed by atoms with Gasteiger partial charge in [-0.3, -0.25) is 4.79 Å². The highest BCUT2D eigenvalue weighted by atomic mass is 35.5. The van der Waals surface area contributed by atoms with Crippen LogP contribution in [0.25, 0.3) is 0 Å². The lowest BCUT2D eigenvalue weighted by Gasteiger charge is -2.26. The SMILES string of the molecule is CCNCc1ccccc1NC(=O)CS(=O)(=O)NC1CCC(C)CC1.Cl. The maximum absolute atomic E-state index is 12.3. The first-order chi connectivity index (χ1) is 11.9. The number of carbonyl (C=O) groups excluding carboxylic acids is 1. The van der Waals surface area contributed by atoms with Crippen molar-refractivity contribution in [3.8, 4) is 0 Å². The van der Waals surface area contributed by atoms with Gasteiger partial charge in [0.15, 0.2) is 0 Å². The number of benzene rings is 1. The number of rotatable bonds is 8. The summed E-state index contributed by atoms with van der Waals surface area (Å²) < 4.78 is 27.2. The second-order valence-electron chi connectivity index (χ2n) is 6.82. The lowest BCUT2D eigenvalue weighted by molar-refractivity contribution is -0.113. The van der Waals surface area contributed by atoms with Crippen molar-refractivity contribution in [3.05, 3.63) is 29.8 Å². The van der Waals surface area contributed by atoms with E-state index in [1.807, 2.05) is 25.1 Å². The van der Waals surface area contributed by atoms with Crippen molar-refractivity contribution in [2.75, 3.05) is 17.6 Å². The molecule has 1 amide bonds. The predicted octanol–water partition coefficient (Wildman–Crippen LogP) is 2.65. The van der Waals surface area contributed by atoms with Gasteiger partial charge in [0, 0.05) is 18.3 Å². The fourth-order valence-electron chi connectivity index (χ4n) is 3.09. The molecule has 1 aromatic carbocycles. The van der Waals surface area contributed by atoms with Gasteiger partial charge in [-0.1, -0.05) is 32.0 Å². The Bertz CT molecular complexity index is 674. The van der Waals surface area contributed by atoms with Gasteiger partial charge in [0.2, 0.25) is 15.9 Å². The Balaban J connectivity index is 0.00000338. The summed E-state index contributed by atoms with van der Waals surface area (Å²) in [5, 5.41) is 5.92. The van der Waals surface area contributed by atoms with E-state index in [0.29, 0.717) is 18.2 Å². The maximum Gasteiger partial charge on any atom is 0.241 e. The molecule has 0 radical (unpaired) electrons. The van der Waals surface area contributed by atoms with E-state index in [2.05, 4.69) is 22.3 Å². The van der Waals surface area contributed by atoms with Crippen LogP contribution in [0.4, 0.5) is 5.69 Å². The zero-order valence-corrected chi connectivity index (χ0v) is 17.1. The minimum atomic E-state index is -3.63. The van der Waals surface area contributed by atoms with E-state index in [4.69, 9.17) is 0 Å². The molecule has 0 bridgehead atoms. The van der Waals surface area contributed by atoms with E-state index < -0.39 is 21.7 Å². The molecule has 0 spiro atoms. The molecule has 1 aliphatic rings. The first kappa shape index (κ1) is 22.9. The number of nitrogens with one attached hydrogen (secondary N) is 3. The molecule has 0 aromatic heterocycles. The van der Waals surface area contributed by atoms with Gasteiger partial charge in [0.25, 0.3) is 0 Å². The molecular weight excluding hydrogens is 374 g/mol. The van der Waals surface area contributed by atoms with E-state index in [0.717, 1.165) is 37.8 Å². The molecule has 3 N–H and O–H groups in total. The normalized spacial score (nSPS) is 20.2. The second-order valence-corrected chi connectivity index (χ2v) is 8.57. The summed E-state index contributed by atoms with van der Waals surface area (Å²) in [5.74, 6) is -0.410. The maximum atomic E-state index is 12.3. The second kappa shape index (κ2) is 10.9. The zero-order chi connectivity index (χ0) is 18.3. The summed E-state index contributed by atoms with van der Waals surface area (Å²) >= 11 is 0. The van der Waals surface area contributed by atoms with Crippen LogP contribution in [0.1, 0.15) is 45.1 Å². The Morgan fingerprint density at radius 3 is 2.46 bits per heavy atom. The molecule has 0 atom stereocenters. The molecule has 0 unspecified atom stereocenters. The van der Waals surface area contributed by atoms with E-state index in [9.17, 15) is 13.2 Å². The van der Waals surface area contributed by atoms with Gasteiger partial charge >= 0.3 is 0 Å². The number of anilines is 1. The molecule has 0 saturated heterocycles. The van der Waals surface area contributed by atoms with Gasteiger partial charge in [-0.2, -0.15) is 0 Å². The molecular formula is C18H30ClN3O3S. The Labute approximate surface area is 163 Å². The van der Waals surface area contributed by atoms with Crippen molar-refractivity contribution in [3.63, 3.8) is 0 Å². The minimum Gasteiger partial charge on any atom is -0.325 e. The highest BCUT2D eigenvalue weighted by molar-refractivity contribution is 7.90. The number of carbonyl (C=O) groups is 1. The van der Waals surface area contributed by atoms with Gasteiger partial charge in [-0.15, -0.1) is 12.4 Å².